The number of nitrogens with zero attached hydrogens (tertiary/aromatic N) is 2. The van der Waals surface area contributed by atoms with Gasteiger partial charge in [0, 0.05) is 31.9 Å². The number of rotatable bonds is 6. The first-order valence-electron chi connectivity index (χ1n) is 10.2. The second-order valence-electron chi connectivity index (χ2n) is 7.44. The number of nitrogens with one attached hydrogen (secondary N) is 2. The molecule has 1 fully saturated rings. The van der Waals surface area contributed by atoms with Crippen molar-refractivity contribution >= 4 is 35.1 Å². The summed E-state index contributed by atoms with van der Waals surface area (Å²) in [4.78, 5) is 44.3. The summed E-state index contributed by atoms with van der Waals surface area (Å²) < 4.78 is 5.09. The highest BCUT2D eigenvalue weighted by molar-refractivity contribution is 6.33. The van der Waals surface area contributed by atoms with E-state index in [-0.39, 0.29) is 25.0 Å². The zero-order valence-electron chi connectivity index (χ0n) is 18.0. The molecule has 1 aliphatic heterocycles. The van der Waals surface area contributed by atoms with Gasteiger partial charge in [-0.25, -0.2) is 4.79 Å². The van der Waals surface area contributed by atoms with Gasteiger partial charge in [-0.15, -0.1) is 0 Å². The van der Waals surface area contributed by atoms with Gasteiger partial charge < -0.3 is 19.9 Å². The molecule has 1 saturated heterocycles. The average molecular weight is 447 g/mol. The molecular weight excluding hydrogens is 420 g/mol. The van der Waals surface area contributed by atoms with Crippen LogP contribution in [0.1, 0.15) is 39.0 Å². The Labute approximate surface area is 186 Å². The van der Waals surface area contributed by atoms with Crippen LogP contribution < -0.4 is 5.32 Å². The Balaban J connectivity index is 1.57. The van der Waals surface area contributed by atoms with Gasteiger partial charge in [0.1, 0.15) is 5.69 Å². The minimum Gasteiger partial charge on any atom is -0.462 e. The van der Waals surface area contributed by atoms with Crippen molar-refractivity contribution in [3.8, 4) is 0 Å². The third kappa shape index (κ3) is 5.26. The number of H-pyrrole nitrogens is 1. The summed E-state index contributed by atoms with van der Waals surface area (Å²) >= 11 is 6.08. The lowest BCUT2D eigenvalue weighted by atomic mass is 10.1. The maximum atomic E-state index is 13.0. The molecule has 31 heavy (non-hydrogen) atoms. The lowest BCUT2D eigenvalue weighted by Crippen LogP contribution is -2.50. The van der Waals surface area contributed by atoms with E-state index in [1.54, 1.807) is 43.9 Å². The molecule has 0 radical (unpaired) electrons. The summed E-state index contributed by atoms with van der Waals surface area (Å²) in [7, 11) is 0. The smallest absolute Gasteiger partial charge is 0.340 e. The summed E-state index contributed by atoms with van der Waals surface area (Å²) in [5, 5.41) is 3.30. The fourth-order valence-electron chi connectivity index (χ4n) is 3.70. The molecule has 2 aromatic rings. The highest BCUT2D eigenvalue weighted by Gasteiger charge is 2.28. The van der Waals surface area contributed by atoms with Gasteiger partial charge in [-0.05, 0) is 38.5 Å². The SMILES string of the molecule is CCOC(=O)c1c(C)[nH]c(C(=O)N2CCN(CC(=O)Nc3ccccc3Cl)CC2)c1C. The molecule has 2 N–H and O–H groups in total. The summed E-state index contributed by atoms with van der Waals surface area (Å²) in [5.41, 5.74) is 2.63. The monoisotopic (exact) mass is 446 g/mol. The van der Waals surface area contributed by atoms with E-state index < -0.39 is 5.97 Å². The van der Waals surface area contributed by atoms with E-state index in [1.165, 1.54) is 0 Å². The number of aryl methyl sites for hydroxylation is 1. The number of aromatic amines is 1. The van der Waals surface area contributed by atoms with E-state index in [9.17, 15) is 14.4 Å². The van der Waals surface area contributed by atoms with Crippen LogP contribution in [0.3, 0.4) is 0 Å². The second kappa shape index (κ2) is 9.98. The number of carbonyl (C=O) groups excluding carboxylic acids is 3. The van der Waals surface area contributed by atoms with Crippen molar-refractivity contribution in [2.24, 2.45) is 0 Å². The van der Waals surface area contributed by atoms with Crippen LogP contribution in [0.15, 0.2) is 24.3 Å². The fraction of sp³-hybridized carbons (Fsp3) is 0.409. The average Bonchev–Trinajstić information content (AvgIpc) is 3.04. The highest BCUT2D eigenvalue weighted by Crippen LogP contribution is 2.22. The van der Waals surface area contributed by atoms with Crippen molar-refractivity contribution in [2.45, 2.75) is 20.8 Å². The Morgan fingerprint density at radius 2 is 1.81 bits per heavy atom. The number of para-hydroxylation sites is 1. The number of ether oxygens (including phenoxy) is 1. The van der Waals surface area contributed by atoms with Gasteiger partial charge in [0.05, 0.1) is 29.4 Å². The molecule has 0 spiro atoms. The number of amides is 2. The first-order valence-corrected chi connectivity index (χ1v) is 10.6. The van der Waals surface area contributed by atoms with Crippen LogP contribution >= 0.6 is 11.6 Å². The van der Waals surface area contributed by atoms with Gasteiger partial charge in [0.2, 0.25) is 5.91 Å². The first-order chi connectivity index (χ1) is 14.8. The van der Waals surface area contributed by atoms with Crippen molar-refractivity contribution in [3.05, 3.63) is 51.8 Å². The third-order valence-electron chi connectivity index (χ3n) is 5.31. The molecule has 166 valence electrons. The first kappa shape index (κ1) is 22.8. The van der Waals surface area contributed by atoms with Crippen LogP contribution in [0.25, 0.3) is 0 Å². The van der Waals surface area contributed by atoms with Crippen LogP contribution in [-0.4, -0.2) is 71.9 Å². The van der Waals surface area contributed by atoms with Gasteiger partial charge in [-0.1, -0.05) is 23.7 Å². The molecule has 0 bridgehead atoms. The van der Waals surface area contributed by atoms with Crippen molar-refractivity contribution in [3.63, 3.8) is 0 Å². The molecule has 0 unspecified atom stereocenters. The van der Waals surface area contributed by atoms with Crippen molar-refractivity contribution in [1.82, 2.24) is 14.8 Å². The minimum atomic E-state index is -0.429. The minimum absolute atomic E-state index is 0.150. The van der Waals surface area contributed by atoms with Crippen LogP contribution in [0, 0.1) is 13.8 Å². The highest BCUT2D eigenvalue weighted by atomic mass is 35.5. The normalized spacial score (nSPS) is 14.4. The van der Waals surface area contributed by atoms with E-state index in [0.29, 0.717) is 59.4 Å². The van der Waals surface area contributed by atoms with Gasteiger partial charge in [0.15, 0.2) is 0 Å². The molecule has 1 aromatic carbocycles. The lowest BCUT2D eigenvalue weighted by Gasteiger charge is -2.34. The fourth-order valence-corrected chi connectivity index (χ4v) is 3.88. The van der Waals surface area contributed by atoms with Gasteiger partial charge in [0.25, 0.3) is 5.91 Å². The predicted octanol–water partition coefficient (Wildman–Crippen LogP) is 2.86. The van der Waals surface area contributed by atoms with Crippen molar-refractivity contribution < 1.29 is 19.1 Å². The Hall–Kier alpha value is -2.84. The molecule has 2 heterocycles. The summed E-state index contributed by atoms with van der Waals surface area (Å²) in [6.07, 6.45) is 0. The summed E-state index contributed by atoms with van der Waals surface area (Å²) in [6, 6.07) is 7.09. The van der Waals surface area contributed by atoms with Crippen LogP contribution in [0.2, 0.25) is 5.02 Å². The number of aromatic nitrogens is 1. The number of hydrogen-bond donors (Lipinski definition) is 2. The molecule has 1 aliphatic rings. The van der Waals surface area contributed by atoms with E-state index in [2.05, 4.69) is 10.3 Å². The molecular formula is C22H27ClN4O4. The Morgan fingerprint density at radius 3 is 2.45 bits per heavy atom. The molecule has 2 amide bonds. The standard InChI is InChI=1S/C22H27ClN4O4/c1-4-31-22(30)19-14(2)20(24-15(19)3)21(29)27-11-9-26(10-12-27)13-18(28)25-17-8-6-5-7-16(17)23/h5-8,24H,4,9-13H2,1-3H3,(H,25,28). The van der Waals surface area contributed by atoms with Gasteiger partial charge in [-0.2, -0.15) is 0 Å². The Morgan fingerprint density at radius 1 is 1.13 bits per heavy atom. The topological polar surface area (TPSA) is 94.7 Å². The number of anilines is 1. The second-order valence-corrected chi connectivity index (χ2v) is 7.85. The zero-order chi connectivity index (χ0) is 22.5. The number of hydrogen-bond acceptors (Lipinski definition) is 5. The molecule has 9 heteroatoms. The van der Waals surface area contributed by atoms with E-state index >= 15 is 0 Å². The van der Waals surface area contributed by atoms with E-state index in [1.807, 2.05) is 11.0 Å². The quantitative estimate of drug-likeness (QED) is 0.665. The molecule has 8 nitrogen and oxygen atoms in total. The van der Waals surface area contributed by atoms with E-state index in [0.717, 1.165) is 0 Å². The number of halogens is 1. The number of carbonyl (C=O) groups is 3. The lowest BCUT2D eigenvalue weighted by molar-refractivity contribution is -0.117. The Bertz CT molecular complexity index is 980. The molecule has 1 aromatic heterocycles. The number of esters is 1. The largest absolute Gasteiger partial charge is 0.462 e. The predicted molar refractivity (Wildman–Crippen MR) is 119 cm³/mol. The van der Waals surface area contributed by atoms with Gasteiger partial charge >= 0.3 is 5.97 Å². The maximum absolute atomic E-state index is 13.0. The molecule has 0 saturated carbocycles. The Kier molecular flexibility index (Phi) is 7.35. The summed E-state index contributed by atoms with van der Waals surface area (Å²) in [5.74, 6) is -0.735. The van der Waals surface area contributed by atoms with Crippen LogP contribution in [0.5, 0.6) is 0 Å². The van der Waals surface area contributed by atoms with Crippen LogP contribution in [-0.2, 0) is 9.53 Å². The number of piperazine rings is 1. The molecule has 3 rings (SSSR count). The van der Waals surface area contributed by atoms with E-state index in [4.69, 9.17) is 16.3 Å². The van der Waals surface area contributed by atoms with Gasteiger partial charge in [-0.3, -0.25) is 14.5 Å². The van der Waals surface area contributed by atoms with Crippen LogP contribution in [0.4, 0.5) is 5.69 Å². The maximum Gasteiger partial charge on any atom is 0.340 e. The molecule has 0 aliphatic carbocycles. The summed E-state index contributed by atoms with van der Waals surface area (Å²) in [6.45, 7) is 7.88. The molecule has 0 atom stereocenters. The number of benzene rings is 1. The van der Waals surface area contributed by atoms with Crippen molar-refractivity contribution in [2.75, 3.05) is 44.6 Å². The zero-order valence-corrected chi connectivity index (χ0v) is 18.7. The van der Waals surface area contributed by atoms with Crippen molar-refractivity contribution in [1.29, 1.82) is 0 Å². The third-order valence-corrected chi connectivity index (χ3v) is 5.64.